The fourth-order valence-corrected chi connectivity index (χ4v) is 5.08. The minimum atomic E-state index is 0.120. The van der Waals surface area contributed by atoms with Crippen LogP contribution in [0.25, 0.3) is 10.9 Å². The smallest absolute Gasteiger partial charge is 0.256 e. The van der Waals surface area contributed by atoms with Crippen molar-refractivity contribution in [3.8, 4) is 0 Å². The molecule has 0 aromatic carbocycles. The van der Waals surface area contributed by atoms with Crippen molar-refractivity contribution in [1.29, 1.82) is 0 Å². The van der Waals surface area contributed by atoms with Crippen LogP contribution in [0.1, 0.15) is 67.3 Å². The van der Waals surface area contributed by atoms with Gasteiger partial charge in [-0.15, -0.1) is 0 Å². The van der Waals surface area contributed by atoms with Gasteiger partial charge in [-0.2, -0.15) is 0 Å². The summed E-state index contributed by atoms with van der Waals surface area (Å²) in [5.41, 5.74) is 3.70. The normalized spacial score (nSPS) is 17.3. The van der Waals surface area contributed by atoms with E-state index in [-0.39, 0.29) is 11.9 Å². The Kier molecular flexibility index (Phi) is 6.50. The van der Waals surface area contributed by atoms with E-state index in [1.807, 2.05) is 29.6 Å². The molecule has 0 aliphatic carbocycles. The topological polar surface area (TPSA) is 76.4 Å². The van der Waals surface area contributed by atoms with Crippen LogP contribution < -0.4 is 4.90 Å². The molecule has 2 aliphatic heterocycles. The van der Waals surface area contributed by atoms with Gasteiger partial charge in [0.2, 0.25) is 5.95 Å². The predicted octanol–water partition coefficient (Wildman–Crippen LogP) is 3.85. The molecule has 0 unspecified atom stereocenters. The number of methoxy groups -OCH3 is 1. The Morgan fingerprint density at radius 2 is 1.88 bits per heavy atom. The van der Waals surface area contributed by atoms with Gasteiger partial charge in [-0.05, 0) is 51.7 Å². The Balaban J connectivity index is 1.39. The zero-order valence-electron chi connectivity index (χ0n) is 20.4. The van der Waals surface area contributed by atoms with Crippen molar-refractivity contribution in [2.75, 3.05) is 38.2 Å². The van der Waals surface area contributed by atoms with Crippen molar-refractivity contribution in [3.05, 3.63) is 47.7 Å². The number of hydrogen-bond donors (Lipinski definition) is 0. The second-order valence-electron chi connectivity index (χ2n) is 9.68. The van der Waals surface area contributed by atoms with Crippen molar-refractivity contribution in [1.82, 2.24) is 24.4 Å². The highest BCUT2D eigenvalue weighted by Crippen LogP contribution is 2.28. The summed E-state index contributed by atoms with van der Waals surface area (Å²) in [5.74, 6) is 0.895. The molecule has 0 radical (unpaired) electrons. The number of fused-ring (bicyclic) bond motifs is 1. The fraction of sp³-hybridized carbons (Fsp3) is 0.538. The summed E-state index contributed by atoms with van der Waals surface area (Å²) in [6.45, 7) is 7.79. The first-order valence-corrected chi connectivity index (χ1v) is 12.4. The van der Waals surface area contributed by atoms with Crippen LogP contribution in [-0.2, 0) is 11.2 Å². The average Bonchev–Trinajstić information content (AvgIpc) is 3.52. The highest BCUT2D eigenvalue weighted by atomic mass is 16.5. The molecule has 0 N–H and O–H groups in total. The van der Waals surface area contributed by atoms with E-state index >= 15 is 0 Å². The number of rotatable bonds is 6. The number of ether oxygens (including phenoxy) is 1. The molecule has 0 saturated carbocycles. The molecule has 0 bridgehead atoms. The van der Waals surface area contributed by atoms with E-state index in [1.54, 1.807) is 7.11 Å². The van der Waals surface area contributed by atoms with Crippen molar-refractivity contribution in [2.45, 2.75) is 58.1 Å². The zero-order chi connectivity index (χ0) is 23.7. The van der Waals surface area contributed by atoms with Crippen LogP contribution in [0.15, 0.2) is 30.7 Å². The number of piperidine rings is 1. The number of anilines is 1. The molecule has 34 heavy (non-hydrogen) atoms. The maximum Gasteiger partial charge on any atom is 0.256 e. The van der Waals surface area contributed by atoms with E-state index in [4.69, 9.17) is 14.7 Å². The first-order valence-electron chi connectivity index (χ1n) is 12.4. The molecule has 0 atom stereocenters. The van der Waals surface area contributed by atoms with Crippen molar-refractivity contribution >= 4 is 22.8 Å². The highest BCUT2D eigenvalue weighted by molar-refractivity contribution is 6.07. The van der Waals surface area contributed by atoms with Gasteiger partial charge in [0.25, 0.3) is 5.91 Å². The van der Waals surface area contributed by atoms with Crippen molar-refractivity contribution in [2.24, 2.45) is 0 Å². The van der Waals surface area contributed by atoms with Crippen LogP contribution in [0.3, 0.4) is 0 Å². The fourth-order valence-electron chi connectivity index (χ4n) is 5.08. The summed E-state index contributed by atoms with van der Waals surface area (Å²) in [4.78, 5) is 31.4. The SMILES string of the molecule is COC1CCN(c2nccc(Cc3cc4c(cn3)c(C(=O)N3CCCC3)cn4C(C)C)n2)CC1. The lowest BCUT2D eigenvalue weighted by atomic mass is 10.1. The largest absolute Gasteiger partial charge is 0.381 e. The summed E-state index contributed by atoms with van der Waals surface area (Å²) in [6.07, 6.45) is 10.8. The quantitative estimate of drug-likeness (QED) is 0.554. The third kappa shape index (κ3) is 4.51. The lowest BCUT2D eigenvalue weighted by Gasteiger charge is -2.31. The number of carbonyl (C=O) groups excluding carboxylic acids is 1. The molecule has 3 aromatic rings. The van der Waals surface area contributed by atoms with Gasteiger partial charge >= 0.3 is 0 Å². The summed E-state index contributed by atoms with van der Waals surface area (Å²) >= 11 is 0. The van der Waals surface area contributed by atoms with Crippen LogP contribution in [0, 0.1) is 0 Å². The molecular weight excluding hydrogens is 428 g/mol. The standard InChI is InChI=1S/C26H34N6O2/c1-18(2)32-17-23(25(33)30-10-4-5-11-30)22-16-28-20(15-24(22)32)14-19-6-9-27-26(29-19)31-12-7-21(34-3)8-13-31/h6,9,15-18,21H,4-5,7-8,10-14H2,1-3H3. The number of amides is 1. The predicted molar refractivity (Wildman–Crippen MR) is 132 cm³/mol. The third-order valence-electron chi connectivity index (χ3n) is 7.08. The number of aromatic nitrogens is 4. The van der Waals surface area contributed by atoms with Gasteiger partial charge in [-0.1, -0.05) is 0 Å². The van der Waals surface area contributed by atoms with E-state index in [1.165, 1.54) is 0 Å². The van der Waals surface area contributed by atoms with Gasteiger partial charge in [0.15, 0.2) is 0 Å². The third-order valence-corrected chi connectivity index (χ3v) is 7.08. The molecule has 1 amide bonds. The minimum absolute atomic E-state index is 0.120. The van der Waals surface area contributed by atoms with E-state index < -0.39 is 0 Å². The van der Waals surface area contributed by atoms with Crippen molar-refractivity contribution in [3.63, 3.8) is 0 Å². The Morgan fingerprint density at radius 1 is 1.12 bits per heavy atom. The monoisotopic (exact) mass is 462 g/mol. The molecule has 8 heteroatoms. The first-order chi connectivity index (χ1) is 16.5. The first kappa shape index (κ1) is 22.8. The molecule has 5 heterocycles. The Bertz CT molecular complexity index is 1160. The molecule has 0 spiro atoms. The molecule has 2 aliphatic rings. The zero-order valence-corrected chi connectivity index (χ0v) is 20.4. The van der Waals surface area contributed by atoms with Gasteiger partial charge in [0.1, 0.15) is 0 Å². The molecule has 2 fully saturated rings. The van der Waals surface area contributed by atoms with Gasteiger partial charge in [0.05, 0.1) is 22.9 Å². The molecule has 8 nitrogen and oxygen atoms in total. The van der Waals surface area contributed by atoms with E-state index in [9.17, 15) is 4.79 Å². The average molecular weight is 463 g/mol. The lowest BCUT2D eigenvalue weighted by Crippen LogP contribution is -2.37. The second-order valence-corrected chi connectivity index (χ2v) is 9.68. The van der Waals surface area contributed by atoms with E-state index in [2.05, 4.69) is 34.4 Å². The number of carbonyl (C=O) groups is 1. The van der Waals surface area contributed by atoms with E-state index in [0.717, 1.165) is 85.7 Å². The molecular formula is C26H34N6O2. The maximum atomic E-state index is 13.2. The van der Waals surface area contributed by atoms with Gasteiger partial charge in [-0.3, -0.25) is 9.78 Å². The van der Waals surface area contributed by atoms with Gasteiger partial charge in [-0.25, -0.2) is 9.97 Å². The number of pyridine rings is 1. The van der Waals surface area contributed by atoms with Crippen LogP contribution in [0.5, 0.6) is 0 Å². The summed E-state index contributed by atoms with van der Waals surface area (Å²) < 4.78 is 7.67. The molecule has 180 valence electrons. The molecule has 5 rings (SSSR count). The second kappa shape index (κ2) is 9.70. The Morgan fingerprint density at radius 3 is 2.59 bits per heavy atom. The number of likely N-dealkylation sites (tertiary alicyclic amines) is 1. The molecule has 2 saturated heterocycles. The molecule has 3 aromatic heterocycles. The van der Waals surface area contributed by atoms with Crippen LogP contribution in [-0.4, -0.2) is 69.7 Å². The maximum absolute atomic E-state index is 13.2. The Hall–Kier alpha value is -3.00. The summed E-state index contributed by atoms with van der Waals surface area (Å²) in [6, 6.07) is 4.32. The van der Waals surface area contributed by atoms with Crippen molar-refractivity contribution < 1.29 is 9.53 Å². The number of nitrogens with zero attached hydrogens (tertiary/aromatic N) is 6. The minimum Gasteiger partial charge on any atom is -0.381 e. The van der Waals surface area contributed by atoms with Crippen LogP contribution in [0.2, 0.25) is 0 Å². The van der Waals surface area contributed by atoms with E-state index in [0.29, 0.717) is 12.5 Å². The van der Waals surface area contributed by atoms with Crippen LogP contribution in [0.4, 0.5) is 5.95 Å². The highest BCUT2D eigenvalue weighted by Gasteiger charge is 2.25. The Labute approximate surface area is 201 Å². The van der Waals surface area contributed by atoms with Crippen LogP contribution >= 0.6 is 0 Å². The lowest BCUT2D eigenvalue weighted by molar-refractivity contribution is 0.0794. The summed E-state index contributed by atoms with van der Waals surface area (Å²) in [7, 11) is 1.78. The number of hydrogen-bond acceptors (Lipinski definition) is 6. The summed E-state index contributed by atoms with van der Waals surface area (Å²) in [5, 5.41) is 0.929. The van der Waals surface area contributed by atoms with Gasteiger partial charge < -0.3 is 19.1 Å². The van der Waals surface area contributed by atoms with Gasteiger partial charge in [0, 0.05) is 75.4 Å².